The molecule has 1 fully saturated rings. The van der Waals surface area contributed by atoms with Crippen LogP contribution < -0.4 is 10.0 Å². The lowest BCUT2D eigenvalue weighted by atomic mass is 10.1. The number of amides is 2. The van der Waals surface area contributed by atoms with E-state index in [0.717, 1.165) is 6.26 Å². The minimum Gasteiger partial charge on any atom is -0.467 e. The first-order valence-corrected chi connectivity index (χ1v) is 9.88. The van der Waals surface area contributed by atoms with Crippen LogP contribution in [-0.4, -0.2) is 37.9 Å². The van der Waals surface area contributed by atoms with Crippen LogP contribution in [0.3, 0.4) is 0 Å². The fourth-order valence-corrected chi connectivity index (χ4v) is 3.34. The van der Waals surface area contributed by atoms with E-state index in [2.05, 4.69) is 10.0 Å². The largest absolute Gasteiger partial charge is 0.467 e. The molecule has 0 aliphatic carbocycles. The zero-order valence-electron chi connectivity index (χ0n) is 14.1. The number of hydrogen-bond donors (Lipinski definition) is 2. The van der Waals surface area contributed by atoms with Crippen LogP contribution in [0, 0.1) is 5.92 Å². The Morgan fingerprint density at radius 1 is 1.23 bits per heavy atom. The highest BCUT2D eigenvalue weighted by atomic mass is 32.2. The number of likely N-dealkylation sites (tertiary alicyclic amines) is 1. The molecule has 0 spiro atoms. The SMILES string of the molecule is CS(=O)(=O)Nc1ccc(NC(=O)[C@H]2CC(=O)N(Cc3ccco3)C2)cc1. The number of benzene rings is 1. The lowest BCUT2D eigenvalue weighted by Crippen LogP contribution is -2.27. The van der Waals surface area contributed by atoms with Crippen molar-refractivity contribution in [2.45, 2.75) is 13.0 Å². The smallest absolute Gasteiger partial charge is 0.229 e. The number of sulfonamides is 1. The molecule has 0 saturated carbocycles. The van der Waals surface area contributed by atoms with Gasteiger partial charge in [-0.05, 0) is 36.4 Å². The summed E-state index contributed by atoms with van der Waals surface area (Å²) in [4.78, 5) is 26.1. The summed E-state index contributed by atoms with van der Waals surface area (Å²) in [5, 5.41) is 2.76. The summed E-state index contributed by atoms with van der Waals surface area (Å²) in [6.45, 7) is 0.681. The van der Waals surface area contributed by atoms with E-state index in [4.69, 9.17) is 4.42 Å². The molecule has 1 saturated heterocycles. The number of anilines is 2. The van der Waals surface area contributed by atoms with Gasteiger partial charge in [-0.3, -0.25) is 14.3 Å². The fraction of sp³-hybridized carbons (Fsp3) is 0.294. The van der Waals surface area contributed by atoms with Crippen LogP contribution in [0.25, 0.3) is 0 Å². The molecular formula is C17H19N3O5S. The summed E-state index contributed by atoms with van der Waals surface area (Å²) >= 11 is 0. The van der Waals surface area contributed by atoms with Crippen molar-refractivity contribution in [3.63, 3.8) is 0 Å². The summed E-state index contributed by atoms with van der Waals surface area (Å²) < 4.78 is 30.0. The number of carbonyl (C=O) groups is 2. The van der Waals surface area contributed by atoms with E-state index in [1.807, 2.05) is 0 Å². The number of hydrogen-bond acceptors (Lipinski definition) is 5. The molecule has 2 amide bonds. The van der Waals surface area contributed by atoms with E-state index in [9.17, 15) is 18.0 Å². The molecule has 138 valence electrons. The van der Waals surface area contributed by atoms with Gasteiger partial charge in [0, 0.05) is 24.3 Å². The Hall–Kier alpha value is -2.81. The van der Waals surface area contributed by atoms with Crippen molar-refractivity contribution in [3.8, 4) is 0 Å². The summed E-state index contributed by atoms with van der Waals surface area (Å²) in [6, 6.07) is 9.85. The molecule has 1 aliphatic rings. The third-order valence-electron chi connectivity index (χ3n) is 3.97. The van der Waals surface area contributed by atoms with E-state index < -0.39 is 15.9 Å². The summed E-state index contributed by atoms with van der Waals surface area (Å²) in [5.74, 6) is -0.0991. The highest BCUT2D eigenvalue weighted by Gasteiger charge is 2.34. The van der Waals surface area contributed by atoms with Gasteiger partial charge in [-0.15, -0.1) is 0 Å². The highest BCUT2D eigenvalue weighted by Crippen LogP contribution is 2.22. The van der Waals surface area contributed by atoms with Crippen LogP contribution in [0.2, 0.25) is 0 Å². The van der Waals surface area contributed by atoms with E-state index in [-0.39, 0.29) is 18.2 Å². The van der Waals surface area contributed by atoms with Gasteiger partial charge in [0.15, 0.2) is 0 Å². The van der Waals surface area contributed by atoms with Crippen molar-refractivity contribution in [1.29, 1.82) is 0 Å². The van der Waals surface area contributed by atoms with Crippen molar-refractivity contribution in [1.82, 2.24) is 4.90 Å². The molecule has 2 heterocycles. The normalized spacial score (nSPS) is 17.3. The Kier molecular flexibility index (Phi) is 4.99. The molecule has 0 unspecified atom stereocenters. The maximum absolute atomic E-state index is 12.4. The van der Waals surface area contributed by atoms with Gasteiger partial charge in [-0.25, -0.2) is 8.42 Å². The van der Waals surface area contributed by atoms with Crippen LogP contribution in [0.15, 0.2) is 47.1 Å². The standard InChI is InChI=1S/C17H19N3O5S/c1-26(23,24)19-14-6-4-13(5-7-14)18-17(22)12-9-16(21)20(10-12)11-15-3-2-8-25-15/h2-8,12,19H,9-11H2,1H3,(H,18,22)/t12-/m0/s1. The predicted octanol–water partition coefficient (Wildman–Crippen LogP) is 1.64. The molecular weight excluding hydrogens is 358 g/mol. The van der Waals surface area contributed by atoms with Crippen LogP contribution in [-0.2, 0) is 26.2 Å². The topological polar surface area (TPSA) is 109 Å². The molecule has 26 heavy (non-hydrogen) atoms. The Labute approximate surface area is 151 Å². The third-order valence-corrected chi connectivity index (χ3v) is 4.57. The maximum Gasteiger partial charge on any atom is 0.229 e. The fourth-order valence-electron chi connectivity index (χ4n) is 2.77. The molecule has 1 aromatic carbocycles. The van der Waals surface area contributed by atoms with Gasteiger partial charge in [0.1, 0.15) is 5.76 Å². The number of furan rings is 1. The molecule has 9 heteroatoms. The van der Waals surface area contributed by atoms with Crippen molar-refractivity contribution in [3.05, 3.63) is 48.4 Å². The van der Waals surface area contributed by atoms with Gasteiger partial charge in [-0.1, -0.05) is 0 Å². The number of nitrogens with one attached hydrogen (secondary N) is 2. The number of rotatable bonds is 6. The lowest BCUT2D eigenvalue weighted by molar-refractivity contribution is -0.128. The minimum absolute atomic E-state index is 0.0887. The van der Waals surface area contributed by atoms with Crippen molar-refractivity contribution >= 4 is 33.2 Å². The summed E-state index contributed by atoms with van der Waals surface area (Å²) in [6.07, 6.45) is 2.76. The first kappa shape index (κ1) is 18.0. The monoisotopic (exact) mass is 377 g/mol. The minimum atomic E-state index is -3.35. The molecule has 0 bridgehead atoms. The first-order chi connectivity index (χ1) is 12.3. The highest BCUT2D eigenvalue weighted by molar-refractivity contribution is 7.92. The molecule has 2 N–H and O–H groups in total. The van der Waals surface area contributed by atoms with E-state index >= 15 is 0 Å². The van der Waals surface area contributed by atoms with Crippen LogP contribution in [0.4, 0.5) is 11.4 Å². The Bertz CT molecular complexity index is 891. The molecule has 1 atom stereocenters. The molecule has 1 aliphatic heterocycles. The third kappa shape index (κ3) is 4.63. The maximum atomic E-state index is 12.4. The summed E-state index contributed by atoms with van der Waals surface area (Å²) in [7, 11) is -3.35. The number of carbonyl (C=O) groups excluding carboxylic acids is 2. The van der Waals surface area contributed by atoms with Crippen LogP contribution in [0.5, 0.6) is 0 Å². The Morgan fingerprint density at radius 3 is 2.54 bits per heavy atom. The molecule has 1 aromatic heterocycles. The van der Waals surface area contributed by atoms with Gasteiger partial charge in [-0.2, -0.15) is 0 Å². The number of nitrogens with zero attached hydrogens (tertiary/aromatic N) is 1. The Morgan fingerprint density at radius 2 is 1.92 bits per heavy atom. The van der Waals surface area contributed by atoms with Gasteiger partial charge >= 0.3 is 0 Å². The Balaban J connectivity index is 1.57. The van der Waals surface area contributed by atoms with Gasteiger partial charge in [0.2, 0.25) is 21.8 Å². The van der Waals surface area contributed by atoms with E-state index in [1.165, 1.54) is 0 Å². The second-order valence-electron chi connectivity index (χ2n) is 6.20. The zero-order valence-corrected chi connectivity index (χ0v) is 15.0. The second kappa shape index (κ2) is 7.20. The van der Waals surface area contributed by atoms with Crippen molar-refractivity contribution < 1.29 is 22.4 Å². The average Bonchev–Trinajstić information content (AvgIpc) is 3.19. The zero-order chi connectivity index (χ0) is 18.7. The second-order valence-corrected chi connectivity index (χ2v) is 7.94. The van der Waals surface area contributed by atoms with E-state index in [0.29, 0.717) is 30.2 Å². The predicted molar refractivity (Wildman–Crippen MR) is 95.8 cm³/mol. The summed E-state index contributed by atoms with van der Waals surface area (Å²) in [5.41, 5.74) is 0.942. The molecule has 0 radical (unpaired) electrons. The first-order valence-electron chi connectivity index (χ1n) is 7.99. The van der Waals surface area contributed by atoms with Gasteiger partial charge in [0.25, 0.3) is 0 Å². The van der Waals surface area contributed by atoms with Gasteiger partial charge in [0.05, 0.1) is 25.0 Å². The van der Waals surface area contributed by atoms with Crippen molar-refractivity contribution in [2.24, 2.45) is 5.92 Å². The molecule has 3 rings (SSSR count). The van der Waals surface area contributed by atoms with E-state index in [1.54, 1.807) is 47.6 Å². The van der Waals surface area contributed by atoms with Crippen LogP contribution >= 0.6 is 0 Å². The molecule has 2 aromatic rings. The lowest BCUT2D eigenvalue weighted by Gasteiger charge is -2.15. The van der Waals surface area contributed by atoms with Crippen molar-refractivity contribution in [2.75, 3.05) is 22.8 Å². The van der Waals surface area contributed by atoms with Gasteiger partial charge < -0.3 is 14.6 Å². The quantitative estimate of drug-likeness (QED) is 0.795. The van der Waals surface area contributed by atoms with Crippen LogP contribution in [0.1, 0.15) is 12.2 Å². The molecule has 8 nitrogen and oxygen atoms in total. The average molecular weight is 377 g/mol.